The van der Waals surface area contributed by atoms with Gasteiger partial charge in [-0.3, -0.25) is 13.9 Å². The van der Waals surface area contributed by atoms with Crippen LogP contribution in [0.3, 0.4) is 0 Å². The van der Waals surface area contributed by atoms with Crippen molar-refractivity contribution in [1.82, 2.24) is 10.2 Å². The largest absolute Gasteiger partial charge is 0.352 e. The molecule has 4 rings (SSSR count). The van der Waals surface area contributed by atoms with Gasteiger partial charge in [0.25, 0.3) is 10.0 Å². The molecule has 0 fully saturated rings. The maximum absolute atomic E-state index is 14.4. The Morgan fingerprint density at radius 3 is 2.02 bits per heavy atom. The SMILES string of the molecule is Cc1cccc(CN(C(=O)CN(c2ccc(Br)cc2)S(=O)(=O)c2ccccc2)[C@@H](Cc2ccccc2)C(=O)NC(C)C)c1. The number of rotatable bonds is 12. The van der Waals surface area contributed by atoms with Gasteiger partial charge in [0.05, 0.1) is 10.6 Å². The van der Waals surface area contributed by atoms with Crippen LogP contribution >= 0.6 is 15.9 Å². The number of aryl methyl sites for hydroxylation is 1. The van der Waals surface area contributed by atoms with Gasteiger partial charge in [-0.2, -0.15) is 0 Å². The summed E-state index contributed by atoms with van der Waals surface area (Å²) >= 11 is 3.41. The van der Waals surface area contributed by atoms with Gasteiger partial charge >= 0.3 is 0 Å². The molecule has 0 saturated heterocycles. The summed E-state index contributed by atoms with van der Waals surface area (Å²) in [4.78, 5) is 29.7. The van der Waals surface area contributed by atoms with Crippen LogP contribution in [0.15, 0.2) is 119 Å². The lowest BCUT2D eigenvalue weighted by Crippen LogP contribution is -2.54. The first-order chi connectivity index (χ1) is 20.5. The van der Waals surface area contributed by atoms with E-state index in [1.807, 2.05) is 75.4 Å². The lowest BCUT2D eigenvalue weighted by molar-refractivity contribution is -0.140. The van der Waals surface area contributed by atoms with E-state index in [1.54, 1.807) is 42.5 Å². The molecule has 0 unspecified atom stereocenters. The highest BCUT2D eigenvalue weighted by molar-refractivity contribution is 9.10. The number of halogens is 1. The topological polar surface area (TPSA) is 86.8 Å². The number of carbonyl (C=O) groups is 2. The summed E-state index contributed by atoms with van der Waals surface area (Å²) in [6.07, 6.45) is 0.265. The Bertz CT molecular complexity index is 1630. The van der Waals surface area contributed by atoms with Crippen molar-refractivity contribution in [3.8, 4) is 0 Å². The third-order valence-corrected chi connectivity index (χ3v) is 9.18. The highest BCUT2D eigenvalue weighted by atomic mass is 79.9. The molecule has 9 heteroatoms. The second-order valence-electron chi connectivity index (χ2n) is 10.7. The van der Waals surface area contributed by atoms with E-state index < -0.39 is 28.5 Å². The smallest absolute Gasteiger partial charge is 0.264 e. The number of benzene rings is 4. The first kappa shape index (κ1) is 32.0. The molecular weight excluding hydrogens is 626 g/mol. The summed E-state index contributed by atoms with van der Waals surface area (Å²) in [6, 6.07) is 31.0. The maximum Gasteiger partial charge on any atom is 0.264 e. The van der Waals surface area contributed by atoms with Gasteiger partial charge in [0.2, 0.25) is 11.8 Å². The number of nitrogens with zero attached hydrogens (tertiary/aromatic N) is 2. The standard InChI is InChI=1S/C34H36BrN3O4S/c1-25(2)36-34(40)32(22-27-12-6-4-7-13-27)37(23-28-14-10-11-26(3)21-28)33(39)24-38(30-19-17-29(35)18-20-30)43(41,42)31-15-8-5-9-16-31/h4-21,25,32H,22-24H2,1-3H3,(H,36,40)/t32-/m0/s1. The van der Waals surface area contributed by atoms with E-state index in [1.165, 1.54) is 17.0 Å². The second-order valence-corrected chi connectivity index (χ2v) is 13.5. The Morgan fingerprint density at radius 1 is 0.814 bits per heavy atom. The van der Waals surface area contributed by atoms with Gasteiger partial charge < -0.3 is 10.2 Å². The first-order valence-corrected chi connectivity index (χ1v) is 16.3. The minimum absolute atomic E-state index is 0.0642. The van der Waals surface area contributed by atoms with E-state index in [4.69, 9.17) is 0 Å². The zero-order chi connectivity index (χ0) is 31.0. The predicted octanol–water partition coefficient (Wildman–Crippen LogP) is 6.12. The molecule has 1 atom stereocenters. The second kappa shape index (κ2) is 14.5. The Hall–Kier alpha value is -3.95. The first-order valence-electron chi connectivity index (χ1n) is 14.1. The summed E-state index contributed by atoms with van der Waals surface area (Å²) in [5.41, 5.74) is 3.07. The number of sulfonamides is 1. The maximum atomic E-state index is 14.4. The van der Waals surface area contributed by atoms with Crippen LogP contribution in [0.2, 0.25) is 0 Å². The van der Waals surface area contributed by atoms with Crippen LogP contribution in [0.4, 0.5) is 5.69 Å². The molecule has 4 aromatic rings. The number of hydrogen-bond acceptors (Lipinski definition) is 4. The van der Waals surface area contributed by atoms with Crippen LogP contribution in [-0.4, -0.2) is 43.8 Å². The molecule has 0 radical (unpaired) electrons. The number of amides is 2. The zero-order valence-electron chi connectivity index (χ0n) is 24.5. The zero-order valence-corrected chi connectivity index (χ0v) is 26.9. The molecule has 224 valence electrons. The van der Waals surface area contributed by atoms with Gasteiger partial charge in [0, 0.05) is 23.5 Å². The summed E-state index contributed by atoms with van der Waals surface area (Å²) in [5.74, 6) is -0.801. The molecule has 0 aliphatic carbocycles. The minimum Gasteiger partial charge on any atom is -0.352 e. The van der Waals surface area contributed by atoms with Crippen molar-refractivity contribution in [2.24, 2.45) is 0 Å². The van der Waals surface area contributed by atoms with Gasteiger partial charge in [-0.25, -0.2) is 8.42 Å². The highest BCUT2D eigenvalue weighted by Crippen LogP contribution is 2.26. The third kappa shape index (κ3) is 8.55. The predicted molar refractivity (Wildman–Crippen MR) is 174 cm³/mol. The number of nitrogens with one attached hydrogen (secondary N) is 1. The monoisotopic (exact) mass is 661 g/mol. The summed E-state index contributed by atoms with van der Waals surface area (Å²) in [7, 11) is -4.13. The molecule has 0 spiro atoms. The van der Waals surface area contributed by atoms with E-state index in [9.17, 15) is 18.0 Å². The Labute approximate surface area is 262 Å². The van der Waals surface area contributed by atoms with Crippen molar-refractivity contribution in [1.29, 1.82) is 0 Å². The Kier molecular flexibility index (Phi) is 10.8. The molecule has 4 aromatic carbocycles. The summed E-state index contributed by atoms with van der Waals surface area (Å²) in [5, 5.41) is 2.97. The molecule has 1 N–H and O–H groups in total. The normalized spacial score (nSPS) is 12.0. The van der Waals surface area contributed by atoms with Crippen molar-refractivity contribution in [3.05, 3.63) is 130 Å². The van der Waals surface area contributed by atoms with E-state index in [-0.39, 0.29) is 29.8 Å². The van der Waals surface area contributed by atoms with Crippen molar-refractivity contribution < 1.29 is 18.0 Å². The van der Waals surface area contributed by atoms with Gasteiger partial charge in [0.15, 0.2) is 0 Å². The van der Waals surface area contributed by atoms with E-state index in [2.05, 4.69) is 21.2 Å². The fourth-order valence-corrected chi connectivity index (χ4v) is 6.50. The lowest BCUT2D eigenvalue weighted by Gasteiger charge is -2.34. The van der Waals surface area contributed by atoms with Crippen LogP contribution in [-0.2, 0) is 32.6 Å². The van der Waals surface area contributed by atoms with Gasteiger partial charge in [-0.05, 0) is 68.3 Å². The van der Waals surface area contributed by atoms with Gasteiger partial charge in [0.1, 0.15) is 12.6 Å². The molecular formula is C34H36BrN3O4S. The summed E-state index contributed by atoms with van der Waals surface area (Å²) < 4.78 is 29.9. The molecule has 43 heavy (non-hydrogen) atoms. The number of carbonyl (C=O) groups excluding carboxylic acids is 2. The molecule has 0 aromatic heterocycles. The fraction of sp³-hybridized carbons (Fsp3) is 0.235. The van der Waals surface area contributed by atoms with E-state index in [0.29, 0.717) is 5.69 Å². The van der Waals surface area contributed by atoms with Gasteiger partial charge in [-0.15, -0.1) is 0 Å². The number of anilines is 1. The number of hydrogen-bond donors (Lipinski definition) is 1. The van der Waals surface area contributed by atoms with Crippen molar-refractivity contribution in [2.45, 2.75) is 50.7 Å². The highest BCUT2D eigenvalue weighted by Gasteiger charge is 2.34. The summed E-state index contributed by atoms with van der Waals surface area (Å²) in [6.45, 7) is 5.33. The van der Waals surface area contributed by atoms with E-state index >= 15 is 0 Å². The van der Waals surface area contributed by atoms with Crippen LogP contribution in [0, 0.1) is 6.92 Å². The van der Waals surface area contributed by atoms with Crippen LogP contribution in [0.1, 0.15) is 30.5 Å². The molecule has 7 nitrogen and oxygen atoms in total. The van der Waals surface area contributed by atoms with Crippen molar-refractivity contribution in [3.63, 3.8) is 0 Å². The van der Waals surface area contributed by atoms with Crippen LogP contribution in [0.25, 0.3) is 0 Å². The molecule has 0 aliphatic rings. The fourth-order valence-electron chi connectivity index (χ4n) is 4.80. The Balaban J connectivity index is 1.79. The average Bonchev–Trinajstić information content (AvgIpc) is 2.98. The molecule has 0 heterocycles. The van der Waals surface area contributed by atoms with Crippen molar-refractivity contribution in [2.75, 3.05) is 10.8 Å². The van der Waals surface area contributed by atoms with Crippen LogP contribution < -0.4 is 9.62 Å². The molecule has 0 saturated carbocycles. The average molecular weight is 663 g/mol. The Morgan fingerprint density at radius 2 is 1.42 bits per heavy atom. The molecule has 0 aliphatic heterocycles. The minimum atomic E-state index is -4.13. The van der Waals surface area contributed by atoms with Crippen molar-refractivity contribution >= 4 is 43.5 Å². The molecule has 0 bridgehead atoms. The van der Waals surface area contributed by atoms with E-state index in [0.717, 1.165) is 25.5 Å². The quantitative estimate of drug-likeness (QED) is 0.198. The third-order valence-electron chi connectivity index (χ3n) is 6.86. The van der Waals surface area contributed by atoms with Gasteiger partial charge in [-0.1, -0.05) is 94.3 Å². The lowest BCUT2D eigenvalue weighted by atomic mass is 10.0. The molecule has 2 amide bonds. The van der Waals surface area contributed by atoms with Crippen LogP contribution in [0.5, 0.6) is 0 Å².